The Morgan fingerprint density at radius 1 is 1.36 bits per heavy atom. The first-order chi connectivity index (χ1) is 10.5. The molecule has 0 radical (unpaired) electrons. The highest BCUT2D eigenvalue weighted by Gasteiger charge is 2.31. The standard InChI is InChI=1S/C17H23N3O2/c1-17(8-10-22-11-9-17)12-19(2)16(21)15-13-6-4-5-7-14(13)20(3)18-15/h4-7H,8-12H2,1-3H3. The van der Waals surface area contributed by atoms with E-state index in [0.29, 0.717) is 5.69 Å². The number of ether oxygens (including phenoxy) is 1. The molecule has 22 heavy (non-hydrogen) atoms. The summed E-state index contributed by atoms with van der Waals surface area (Å²) < 4.78 is 7.20. The van der Waals surface area contributed by atoms with E-state index in [2.05, 4.69) is 12.0 Å². The molecule has 1 saturated heterocycles. The minimum atomic E-state index is -0.00971. The molecule has 1 aromatic carbocycles. The van der Waals surface area contributed by atoms with Gasteiger partial charge in [-0.05, 0) is 24.3 Å². The number of amides is 1. The highest BCUT2D eigenvalue weighted by molar-refractivity contribution is 6.04. The monoisotopic (exact) mass is 301 g/mol. The average Bonchev–Trinajstić information content (AvgIpc) is 2.84. The molecule has 1 amide bonds. The first kappa shape index (κ1) is 15.0. The normalized spacial score (nSPS) is 17.6. The highest BCUT2D eigenvalue weighted by Crippen LogP contribution is 2.31. The molecule has 1 aromatic heterocycles. The Kier molecular flexibility index (Phi) is 3.91. The van der Waals surface area contributed by atoms with Gasteiger partial charge in [0.05, 0.1) is 5.52 Å². The molecule has 118 valence electrons. The van der Waals surface area contributed by atoms with Crippen molar-refractivity contribution in [3.8, 4) is 0 Å². The lowest BCUT2D eigenvalue weighted by Gasteiger charge is -2.36. The third-order valence-electron chi connectivity index (χ3n) is 4.63. The summed E-state index contributed by atoms with van der Waals surface area (Å²) in [5.41, 5.74) is 1.65. The van der Waals surface area contributed by atoms with E-state index in [-0.39, 0.29) is 11.3 Å². The second kappa shape index (κ2) is 5.72. The molecule has 0 atom stereocenters. The molecule has 0 saturated carbocycles. The lowest BCUT2D eigenvalue weighted by Crippen LogP contribution is -2.40. The first-order valence-corrected chi connectivity index (χ1v) is 7.75. The van der Waals surface area contributed by atoms with E-state index in [1.807, 2.05) is 38.4 Å². The molecule has 1 fully saturated rings. The minimum absolute atomic E-state index is 0.00971. The van der Waals surface area contributed by atoms with Crippen LogP contribution >= 0.6 is 0 Å². The van der Waals surface area contributed by atoms with Crippen molar-refractivity contribution in [1.82, 2.24) is 14.7 Å². The van der Waals surface area contributed by atoms with Gasteiger partial charge in [-0.2, -0.15) is 5.10 Å². The van der Waals surface area contributed by atoms with E-state index in [1.54, 1.807) is 9.58 Å². The van der Waals surface area contributed by atoms with Gasteiger partial charge < -0.3 is 9.64 Å². The van der Waals surface area contributed by atoms with Crippen molar-refractivity contribution in [2.45, 2.75) is 19.8 Å². The van der Waals surface area contributed by atoms with Gasteiger partial charge in [-0.3, -0.25) is 9.48 Å². The molecule has 0 aliphatic carbocycles. The molecule has 0 spiro atoms. The summed E-state index contributed by atoms with van der Waals surface area (Å²) in [5.74, 6) is -0.00971. The largest absolute Gasteiger partial charge is 0.381 e. The van der Waals surface area contributed by atoms with Crippen LogP contribution in [0.1, 0.15) is 30.3 Å². The molecule has 0 bridgehead atoms. The Morgan fingerprint density at radius 3 is 2.77 bits per heavy atom. The summed E-state index contributed by atoms with van der Waals surface area (Å²) in [4.78, 5) is 14.6. The number of carbonyl (C=O) groups excluding carboxylic acids is 1. The fourth-order valence-electron chi connectivity index (χ4n) is 3.22. The number of rotatable bonds is 3. The Bertz CT molecular complexity index is 686. The van der Waals surface area contributed by atoms with Gasteiger partial charge in [0.1, 0.15) is 0 Å². The van der Waals surface area contributed by atoms with Gasteiger partial charge in [0.15, 0.2) is 5.69 Å². The summed E-state index contributed by atoms with van der Waals surface area (Å²) in [6.45, 7) is 4.53. The first-order valence-electron chi connectivity index (χ1n) is 7.75. The van der Waals surface area contributed by atoms with Crippen LogP contribution in [-0.2, 0) is 11.8 Å². The number of hydrogen-bond acceptors (Lipinski definition) is 3. The second-order valence-electron chi connectivity index (χ2n) is 6.57. The number of hydrogen-bond donors (Lipinski definition) is 0. The maximum atomic E-state index is 12.8. The zero-order valence-electron chi connectivity index (χ0n) is 13.5. The van der Waals surface area contributed by atoms with Crippen LogP contribution in [0.5, 0.6) is 0 Å². The molecular weight excluding hydrogens is 278 g/mol. The zero-order chi connectivity index (χ0) is 15.7. The molecule has 0 unspecified atom stereocenters. The molecular formula is C17H23N3O2. The Hall–Kier alpha value is -1.88. The van der Waals surface area contributed by atoms with Gasteiger partial charge in [0.25, 0.3) is 5.91 Å². The average molecular weight is 301 g/mol. The third kappa shape index (κ3) is 2.73. The number of benzene rings is 1. The SMILES string of the molecule is CN(CC1(C)CCOCC1)C(=O)c1nn(C)c2ccccc12. The molecule has 2 heterocycles. The smallest absolute Gasteiger partial charge is 0.274 e. The van der Waals surface area contributed by atoms with E-state index < -0.39 is 0 Å². The fraction of sp³-hybridized carbons (Fsp3) is 0.529. The van der Waals surface area contributed by atoms with Crippen LogP contribution in [0, 0.1) is 5.41 Å². The van der Waals surface area contributed by atoms with Crippen LogP contribution in [0.15, 0.2) is 24.3 Å². The van der Waals surface area contributed by atoms with Gasteiger partial charge in [-0.25, -0.2) is 0 Å². The number of aryl methyl sites for hydroxylation is 1. The topological polar surface area (TPSA) is 47.4 Å². The Morgan fingerprint density at radius 2 is 2.05 bits per heavy atom. The van der Waals surface area contributed by atoms with Crippen LogP contribution in [-0.4, -0.2) is 47.4 Å². The van der Waals surface area contributed by atoms with E-state index in [1.165, 1.54) is 0 Å². The molecule has 1 aliphatic rings. The minimum Gasteiger partial charge on any atom is -0.381 e. The van der Waals surface area contributed by atoms with Gasteiger partial charge in [-0.1, -0.05) is 25.1 Å². The Labute approximate surface area is 130 Å². The molecule has 5 nitrogen and oxygen atoms in total. The molecule has 3 rings (SSSR count). The number of aromatic nitrogens is 2. The number of carbonyl (C=O) groups is 1. The lowest BCUT2D eigenvalue weighted by molar-refractivity contribution is 0.00909. The van der Waals surface area contributed by atoms with Crippen LogP contribution in [0.25, 0.3) is 10.9 Å². The van der Waals surface area contributed by atoms with E-state index >= 15 is 0 Å². The molecule has 2 aromatic rings. The van der Waals surface area contributed by atoms with Gasteiger partial charge in [0.2, 0.25) is 0 Å². The lowest BCUT2D eigenvalue weighted by atomic mass is 9.82. The van der Waals surface area contributed by atoms with Crippen molar-refractivity contribution in [2.75, 3.05) is 26.8 Å². The maximum absolute atomic E-state index is 12.8. The fourth-order valence-corrected chi connectivity index (χ4v) is 3.22. The summed E-state index contributed by atoms with van der Waals surface area (Å²) in [7, 11) is 3.74. The van der Waals surface area contributed by atoms with Crippen LogP contribution in [0.4, 0.5) is 0 Å². The van der Waals surface area contributed by atoms with E-state index in [4.69, 9.17) is 4.74 Å². The predicted molar refractivity (Wildman–Crippen MR) is 85.8 cm³/mol. The van der Waals surface area contributed by atoms with Gasteiger partial charge in [-0.15, -0.1) is 0 Å². The quantitative estimate of drug-likeness (QED) is 0.875. The predicted octanol–water partition coefficient (Wildman–Crippen LogP) is 2.46. The maximum Gasteiger partial charge on any atom is 0.274 e. The third-order valence-corrected chi connectivity index (χ3v) is 4.63. The summed E-state index contributed by atoms with van der Waals surface area (Å²) in [5, 5.41) is 5.34. The van der Waals surface area contributed by atoms with E-state index in [9.17, 15) is 4.79 Å². The van der Waals surface area contributed by atoms with Crippen LogP contribution in [0.3, 0.4) is 0 Å². The van der Waals surface area contributed by atoms with Gasteiger partial charge in [0, 0.05) is 39.2 Å². The van der Waals surface area contributed by atoms with Crippen molar-refractivity contribution in [3.63, 3.8) is 0 Å². The molecule has 5 heteroatoms. The van der Waals surface area contributed by atoms with E-state index in [0.717, 1.165) is 43.5 Å². The molecule has 1 aliphatic heterocycles. The van der Waals surface area contributed by atoms with Crippen molar-refractivity contribution in [2.24, 2.45) is 12.5 Å². The van der Waals surface area contributed by atoms with Crippen molar-refractivity contribution < 1.29 is 9.53 Å². The number of nitrogens with zero attached hydrogens (tertiary/aromatic N) is 3. The highest BCUT2D eigenvalue weighted by atomic mass is 16.5. The Balaban J connectivity index is 1.83. The zero-order valence-corrected chi connectivity index (χ0v) is 13.5. The van der Waals surface area contributed by atoms with Gasteiger partial charge >= 0.3 is 0 Å². The van der Waals surface area contributed by atoms with Crippen molar-refractivity contribution in [1.29, 1.82) is 0 Å². The molecule has 0 N–H and O–H groups in total. The number of para-hydroxylation sites is 1. The number of fused-ring (bicyclic) bond motifs is 1. The van der Waals surface area contributed by atoms with Crippen molar-refractivity contribution in [3.05, 3.63) is 30.0 Å². The second-order valence-corrected chi connectivity index (χ2v) is 6.57. The van der Waals surface area contributed by atoms with Crippen molar-refractivity contribution >= 4 is 16.8 Å². The summed E-state index contributed by atoms with van der Waals surface area (Å²) in [6, 6.07) is 7.85. The summed E-state index contributed by atoms with van der Waals surface area (Å²) in [6.07, 6.45) is 1.99. The van der Waals surface area contributed by atoms with Crippen LogP contribution in [0.2, 0.25) is 0 Å². The summed E-state index contributed by atoms with van der Waals surface area (Å²) >= 11 is 0. The van der Waals surface area contributed by atoms with Crippen LogP contribution < -0.4 is 0 Å².